The summed E-state index contributed by atoms with van der Waals surface area (Å²) in [7, 11) is 0. The molecular formula is C10H15N3O3. The SMILES string of the molecule is O=C(CCc1nc(C2CC2)no1)NCCO. The van der Waals surface area contributed by atoms with Crippen molar-refractivity contribution in [1.82, 2.24) is 15.5 Å². The standard InChI is InChI=1S/C10H15N3O3/c14-6-5-11-8(15)3-4-9-12-10(13-16-9)7-1-2-7/h7,14H,1-6H2,(H,11,15). The Bertz CT molecular complexity index is 360. The molecule has 1 heterocycles. The lowest BCUT2D eigenvalue weighted by atomic mass is 10.3. The predicted molar refractivity (Wildman–Crippen MR) is 54.7 cm³/mol. The first kappa shape index (κ1) is 11.1. The quantitative estimate of drug-likeness (QED) is 0.710. The van der Waals surface area contributed by atoms with Crippen LogP contribution in [0.3, 0.4) is 0 Å². The van der Waals surface area contributed by atoms with Gasteiger partial charge in [-0.05, 0) is 12.8 Å². The fraction of sp³-hybridized carbons (Fsp3) is 0.700. The first-order valence-corrected chi connectivity index (χ1v) is 5.49. The van der Waals surface area contributed by atoms with Gasteiger partial charge in [-0.2, -0.15) is 4.98 Å². The molecule has 1 fully saturated rings. The van der Waals surface area contributed by atoms with Gasteiger partial charge in [-0.25, -0.2) is 0 Å². The molecule has 1 aromatic heterocycles. The molecule has 2 N–H and O–H groups in total. The third-order valence-electron chi connectivity index (χ3n) is 2.43. The number of hydrogen-bond donors (Lipinski definition) is 2. The van der Waals surface area contributed by atoms with Gasteiger partial charge in [0.2, 0.25) is 11.8 Å². The molecule has 1 amide bonds. The van der Waals surface area contributed by atoms with Crippen LogP contribution in [0.4, 0.5) is 0 Å². The molecule has 2 rings (SSSR count). The smallest absolute Gasteiger partial charge is 0.227 e. The summed E-state index contributed by atoms with van der Waals surface area (Å²) in [5, 5.41) is 14.9. The van der Waals surface area contributed by atoms with E-state index in [-0.39, 0.29) is 19.1 Å². The van der Waals surface area contributed by atoms with Gasteiger partial charge in [-0.3, -0.25) is 4.79 Å². The molecule has 88 valence electrons. The molecular weight excluding hydrogens is 210 g/mol. The number of carbonyl (C=O) groups is 1. The maximum Gasteiger partial charge on any atom is 0.227 e. The Labute approximate surface area is 93.0 Å². The molecule has 0 saturated heterocycles. The van der Waals surface area contributed by atoms with Gasteiger partial charge in [-0.15, -0.1) is 0 Å². The lowest BCUT2D eigenvalue weighted by molar-refractivity contribution is -0.121. The number of nitrogens with zero attached hydrogens (tertiary/aromatic N) is 2. The van der Waals surface area contributed by atoms with Gasteiger partial charge in [0.25, 0.3) is 0 Å². The highest BCUT2D eigenvalue weighted by molar-refractivity contribution is 5.75. The maximum absolute atomic E-state index is 11.2. The molecule has 1 aliphatic carbocycles. The van der Waals surface area contributed by atoms with Crippen LogP contribution in [0.2, 0.25) is 0 Å². The van der Waals surface area contributed by atoms with Crippen molar-refractivity contribution in [1.29, 1.82) is 0 Å². The van der Waals surface area contributed by atoms with Crippen molar-refractivity contribution in [2.24, 2.45) is 0 Å². The van der Waals surface area contributed by atoms with E-state index in [2.05, 4.69) is 15.5 Å². The minimum atomic E-state index is -0.111. The summed E-state index contributed by atoms with van der Waals surface area (Å²) < 4.78 is 5.03. The van der Waals surface area contributed by atoms with E-state index in [1.807, 2.05) is 0 Å². The number of amides is 1. The van der Waals surface area contributed by atoms with E-state index in [0.717, 1.165) is 18.7 Å². The second-order valence-corrected chi connectivity index (χ2v) is 3.89. The highest BCUT2D eigenvalue weighted by atomic mass is 16.5. The van der Waals surface area contributed by atoms with E-state index >= 15 is 0 Å². The molecule has 0 aliphatic heterocycles. The van der Waals surface area contributed by atoms with Crippen LogP contribution in [-0.2, 0) is 11.2 Å². The molecule has 6 nitrogen and oxygen atoms in total. The molecule has 16 heavy (non-hydrogen) atoms. The summed E-state index contributed by atoms with van der Waals surface area (Å²) in [4.78, 5) is 15.4. The van der Waals surface area contributed by atoms with E-state index in [1.165, 1.54) is 0 Å². The van der Waals surface area contributed by atoms with E-state index in [4.69, 9.17) is 9.63 Å². The number of rotatable bonds is 6. The van der Waals surface area contributed by atoms with Gasteiger partial charge in [0.15, 0.2) is 5.82 Å². The predicted octanol–water partition coefficient (Wildman–Crippen LogP) is -0.0119. The van der Waals surface area contributed by atoms with Crippen molar-refractivity contribution < 1.29 is 14.4 Å². The Morgan fingerprint density at radius 1 is 1.56 bits per heavy atom. The highest BCUT2D eigenvalue weighted by Crippen LogP contribution is 2.38. The third kappa shape index (κ3) is 3.03. The number of carbonyl (C=O) groups excluding carboxylic acids is 1. The average Bonchev–Trinajstić information content (AvgIpc) is 3.03. The van der Waals surface area contributed by atoms with Crippen LogP contribution < -0.4 is 5.32 Å². The Balaban J connectivity index is 1.73. The van der Waals surface area contributed by atoms with Crippen LogP contribution in [-0.4, -0.2) is 34.3 Å². The van der Waals surface area contributed by atoms with Crippen molar-refractivity contribution >= 4 is 5.91 Å². The monoisotopic (exact) mass is 225 g/mol. The molecule has 1 saturated carbocycles. The second kappa shape index (κ2) is 5.07. The van der Waals surface area contributed by atoms with Crippen molar-refractivity contribution in [2.75, 3.05) is 13.2 Å². The van der Waals surface area contributed by atoms with Gasteiger partial charge >= 0.3 is 0 Å². The van der Waals surface area contributed by atoms with Crippen LogP contribution in [0.1, 0.15) is 36.9 Å². The van der Waals surface area contributed by atoms with Gasteiger partial charge < -0.3 is 14.9 Å². The Hall–Kier alpha value is -1.43. The lowest BCUT2D eigenvalue weighted by Crippen LogP contribution is -2.26. The summed E-state index contributed by atoms with van der Waals surface area (Å²) in [5.74, 6) is 1.65. The molecule has 0 unspecified atom stereocenters. The van der Waals surface area contributed by atoms with Crippen LogP contribution in [0, 0.1) is 0 Å². The molecule has 6 heteroatoms. The zero-order valence-electron chi connectivity index (χ0n) is 8.98. The van der Waals surface area contributed by atoms with Gasteiger partial charge in [0.1, 0.15) is 0 Å². The number of aliphatic hydroxyl groups is 1. The second-order valence-electron chi connectivity index (χ2n) is 3.89. The summed E-state index contributed by atoms with van der Waals surface area (Å²) in [6, 6.07) is 0. The van der Waals surface area contributed by atoms with E-state index in [1.54, 1.807) is 0 Å². The van der Waals surface area contributed by atoms with E-state index in [0.29, 0.717) is 24.7 Å². The fourth-order valence-electron chi connectivity index (χ4n) is 1.38. The van der Waals surface area contributed by atoms with Crippen LogP contribution in [0.5, 0.6) is 0 Å². The Kier molecular flexibility index (Phi) is 3.51. The molecule has 0 spiro atoms. The zero-order chi connectivity index (χ0) is 11.4. The van der Waals surface area contributed by atoms with E-state index in [9.17, 15) is 4.79 Å². The van der Waals surface area contributed by atoms with Crippen molar-refractivity contribution in [2.45, 2.75) is 31.6 Å². The normalized spacial score (nSPS) is 15.1. The summed E-state index contributed by atoms with van der Waals surface area (Å²) >= 11 is 0. The topological polar surface area (TPSA) is 88.2 Å². The van der Waals surface area contributed by atoms with Crippen LogP contribution in [0.25, 0.3) is 0 Å². The van der Waals surface area contributed by atoms with Gasteiger partial charge in [0, 0.05) is 25.3 Å². The lowest BCUT2D eigenvalue weighted by Gasteiger charge is -1.99. The largest absolute Gasteiger partial charge is 0.395 e. The Morgan fingerprint density at radius 2 is 2.38 bits per heavy atom. The summed E-state index contributed by atoms with van der Waals surface area (Å²) in [5.41, 5.74) is 0. The number of aromatic nitrogens is 2. The summed E-state index contributed by atoms with van der Waals surface area (Å²) in [6.45, 7) is 0.244. The first-order chi connectivity index (χ1) is 7.79. The van der Waals surface area contributed by atoms with Crippen molar-refractivity contribution in [3.05, 3.63) is 11.7 Å². The number of aryl methyl sites for hydroxylation is 1. The minimum Gasteiger partial charge on any atom is -0.395 e. The van der Waals surface area contributed by atoms with Gasteiger partial charge in [-0.1, -0.05) is 5.16 Å². The minimum absolute atomic E-state index is 0.0435. The summed E-state index contributed by atoms with van der Waals surface area (Å²) in [6.07, 6.45) is 3.04. The Morgan fingerprint density at radius 3 is 3.06 bits per heavy atom. The van der Waals surface area contributed by atoms with Crippen molar-refractivity contribution in [3.8, 4) is 0 Å². The molecule has 0 atom stereocenters. The van der Waals surface area contributed by atoms with Crippen LogP contribution >= 0.6 is 0 Å². The number of hydrogen-bond acceptors (Lipinski definition) is 5. The molecule has 0 bridgehead atoms. The van der Waals surface area contributed by atoms with Gasteiger partial charge in [0.05, 0.1) is 6.61 Å². The zero-order valence-corrected chi connectivity index (χ0v) is 8.98. The fourth-order valence-corrected chi connectivity index (χ4v) is 1.38. The number of aliphatic hydroxyl groups excluding tert-OH is 1. The number of nitrogens with one attached hydrogen (secondary N) is 1. The van der Waals surface area contributed by atoms with Crippen LogP contribution in [0.15, 0.2) is 4.52 Å². The average molecular weight is 225 g/mol. The molecule has 0 radical (unpaired) electrons. The highest BCUT2D eigenvalue weighted by Gasteiger charge is 2.28. The molecule has 1 aliphatic rings. The third-order valence-corrected chi connectivity index (χ3v) is 2.43. The first-order valence-electron chi connectivity index (χ1n) is 5.49. The maximum atomic E-state index is 11.2. The molecule has 1 aromatic rings. The van der Waals surface area contributed by atoms with E-state index < -0.39 is 0 Å². The molecule has 0 aromatic carbocycles. The van der Waals surface area contributed by atoms with Crippen molar-refractivity contribution in [3.63, 3.8) is 0 Å².